The monoisotopic (exact) mass is 266 g/mol. The largest absolute Gasteiger partial charge is 0.340 e. The maximum absolute atomic E-state index is 11.9. The molecule has 1 rings (SSSR count). The van der Waals surface area contributed by atoms with Gasteiger partial charge in [0.15, 0.2) is 0 Å². The van der Waals surface area contributed by atoms with E-state index in [1.807, 2.05) is 0 Å². The molecule has 0 aliphatic rings. The summed E-state index contributed by atoms with van der Waals surface area (Å²) in [5.41, 5.74) is 7.28. The van der Waals surface area contributed by atoms with Gasteiger partial charge in [-0.05, 0) is 37.9 Å². The third kappa shape index (κ3) is 5.02. The smallest absolute Gasteiger partial charge is 0.265 e. The van der Waals surface area contributed by atoms with E-state index in [-0.39, 0.29) is 0 Å². The van der Waals surface area contributed by atoms with Gasteiger partial charge in [0.1, 0.15) is 6.04 Å². The molecule has 2 amide bonds. The predicted octanol–water partition coefficient (Wildman–Crippen LogP) is -0.186. The second kappa shape index (κ2) is 8.17. The summed E-state index contributed by atoms with van der Waals surface area (Å²) < 4.78 is 0. The molecule has 7 heteroatoms. The third-order valence-electron chi connectivity index (χ3n) is 2.60. The van der Waals surface area contributed by atoms with Crippen LogP contribution in [0.2, 0.25) is 0 Å². The summed E-state index contributed by atoms with van der Waals surface area (Å²) >= 11 is 0. The molecule has 0 aliphatic heterocycles. The lowest BCUT2D eigenvalue weighted by Gasteiger charge is -2.16. The van der Waals surface area contributed by atoms with Crippen molar-refractivity contribution in [3.05, 3.63) is 30.1 Å². The summed E-state index contributed by atoms with van der Waals surface area (Å²) in [6.07, 6.45) is 4.80. The molecule has 0 saturated heterocycles. The Bertz CT molecular complexity index is 411. The van der Waals surface area contributed by atoms with Gasteiger partial charge < -0.3 is 11.1 Å². The zero-order chi connectivity index (χ0) is 14.1. The summed E-state index contributed by atoms with van der Waals surface area (Å²) in [7, 11) is 0. The lowest BCUT2D eigenvalue weighted by Crippen LogP contribution is -2.45. The summed E-state index contributed by atoms with van der Waals surface area (Å²) in [4.78, 5) is 27.1. The normalized spacial score (nSPS) is 11.7. The van der Waals surface area contributed by atoms with Gasteiger partial charge in [-0.1, -0.05) is 0 Å². The zero-order valence-electron chi connectivity index (χ0n) is 10.5. The number of amides is 2. The standard InChI is InChI=1S/C12H18N4O3/c13-6-2-1-5-10(12(18)16-19)15-11(17)9-4-3-7-14-8-9/h3-4,7-8,10,19H,1-2,5-6,13H2,(H,15,17)(H,16,18). The highest BCUT2D eigenvalue weighted by Crippen LogP contribution is 2.03. The molecule has 0 radical (unpaired) electrons. The van der Waals surface area contributed by atoms with Crippen molar-refractivity contribution >= 4 is 11.8 Å². The lowest BCUT2D eigenvalue weighted by molar-refractivity contribution is -0.131. The van der Waals surface area contributed by atoms with E-state index in [0.717, 1.165) is 6.42 Å². The molecule has 1 atom stereocenters. The first-order valence-electron chi connectivity index (χ1n) is 6.04. The number of aromatic nitrogens is 1. The van der Waals surface area contributed by atoms with E-state index in [2.05, 4.69) is 10.3 Å². The van der Waals surface area contributed by atoms with E-state index in [1.165, 1.54) is 6.20 Å². The molecule has 1 heterocycles. The Kier molecular flexibility index (Phi) is 6.48. The highest BCUT2D eigenvalue weighted by atomic mass is 16.5. The van der Waals surface area contributed by atoms with Gasteiger partial charge in [-0.25, -0.2) is 5.48 Å². The fourth-order valence-corrected chi connectivity index (χ4v) is 1.58. The van der Waals surface area contributed by atoms with E-state index >= 15 is 0 Å². The fraction of sp³-hybridized carbons (Fsp3) is 0.417. The number of nitrogens with zero attached hydrogens (tertiary/aromatic N) is 1. The van der Waals surface area contributed by atoms with Crippen LogP contribution in [0.1, 0.15) is 29.6 Å². The maximum Gasteiger partial charge on any atom is 0.265 e. The summed E-state index contributed by atoms with van der Waals surface area (Å²) in [5, 5.41) is 11.2. The minimum absolute atomic E-state index is 0.358. The number of pyridine rings is 1. The van der Waals surface area contributed by atoms with Gasteiger partial charge in [0.2, 0.25) is 0 Å². The van der Waals surface area contributed by atoms with Crippen molar-refractivity contribution in [1.82, 2.24) is 15.8 Å². The summed E-state index contributed by atoms with van der Waals surface area (Å²) in [6.45, 7) is 0.518. The van der Waals surface area contributed by atoms with Gasteiger partial charge in [-0.2, -0.15) is 0 Å². The first-order valence-corrected chi connectivity index (χ1v) is 6.04. The van der Waals surface area contributed by atoms with Crippen LogP contribution in [0.25, 0.3) is 0 Å². The number of nitrogens with one attached hydrogen (secondary N) is 2. The highest BCUT2D eigenvalue weighted by molar-refractivity contribution is 5.97. The van der Waals surface area contributed by atoms with Crippen LogP contribution >= 0.6 is 0 Å². The molecule has 0 aromatic carbocycles. The van der Waals surface area contributed by atoms with Gasteiger partial charge in [0.25, 0.3) is 11.8 Å². The van der Waals surface area contributed by atoms with Crippen LogP contribution in [0.15, 0.2) is 24.5 Å². The molecule has 0 fully saturated rings. The van der Waals surface area contributed by atoms with E-state index in [0.29, 0.717) is 24.9 Å². The van der Waals surface area contributed by atoms with Crippen LogP contribution in [0.5, 0.6) is 0 Å². The molecule has 1 aromatic heterocycles. The number of carbonyl (C=O) groups is 2. The van der Waals surface area contributed by atoms with Crippen molar-refractivity contribution < 1.29 is 14.8 Å². The molecule has 0 aliphatic carbocycles. The highest BCUT2D eigenvalue weighted by Gasteiger charge is 2.20. The number of rotatable bonds is 7. The minimum atomic E-state index is -0.788. The number of hydrogen-bond donors (Lipinski definition) is 4. The molecule has 19 heavy (non-hydrogen) atoms. The Labute approximate surface area is 111 Å². The number of unbranched alkanes of at least 4 members (excludes halogenated alkanes) is 1. The van der Waals surface area contributed by atoms with E-state index < -0.39 is 17.9 Å². The molecule has 0 spiro atoms. The van der Waals surface area contributed by atoms with Crippen molar-refractivity contribution in [2.75, 3.05) is 6.54 Å². The molecule has 104 valence electrons. The van der Waals surface area contributed by atoms with Gasteiger partial charge >= 0.3 is 0 Å². The second-order valence-electron chi connectivity index (χ2n) is 4.03. The number of hydrogen-bond acceptors (Lipinski definition) is 5. The van der Waals surface area contributed by atoms with Crippen LogP contribution in [0.4, 0.5) is 0 Å². The van der Waals surface area contributed by atoms with Crippen LogP contribution in [0, 0.1) is 0 Å². The van der Waals surface area contributed by atoms with Crippen LogP contribution in [-0.2, 0) is 4.79 Å². The van der Waals surface area contributed by atoms with Crippen molar-refractivity contribution in [2.24, 2.45) is 5.73 Å². The van der Waals surface area contributed by atoms with Gasteiger partial charge in [-0.3, -0.25) is 19.8 Å². The van der Waals surface area contributed by atoms with Crippen molar-refractivity contribution in [3.8, 4) is 0 Å². The van der Waals surface area contributed by atoms with Gasteiger partial charge in [0.05, 0.1) is 5.56 Å². The van der Waals surface area contributed by atoms with Crippen molar-refractivity contribution in [1.29, 1.82) is 0 Å². The third-order valence-corrected chi connectivity index (χ3v) is 2.60. The van der Waals surface area contributed by atoms with E-state index in [1.54, 1.807) is 23.8 Å². The quantitative estimate of drug-likeness (QED) is 0.310. The average Bonchev–Trinajstić information content (AvgIpc) is 2.46. The molecule has 5 N–H and O–H groups in total. The topological polar surface area (TPSA) is 117 Å². The number of hydroxylamine groups is 1. The molecular formula is C12H18N4O3. The maximum atomic E-state index is 11.9. The first-order chi connectivity index (χ1) is 9.19. The fourth-order valence-electron chi connectivity index (χ4n) is 1.58. The molecule has 7 nitrogen and oxygen atoms in total. The lowest BCUT2D eigenvalue weighted by atomic mass is 10.1. The Morgan fingerprint density at radius 1 is 1.42 bits per heavy atom. The Balaban J connectivity index is 2.61. The molecule has 0 saturated carbocycles. The van der Waals surface area contributed by atoms with Gasteiger partial charge in [-0.15, -0.1) is 0 Å². The molecule has 1 aromatic rings. The molecule has 0 bridgehead atoms. The van der Waals surface area contributed by atoms with Crippen molar-refractivity contribution in [2.45, 2.75) is 25.3 Å². The molecular weight excluding hydrogens is 248 g/mol. The second-order valence-corrected chi connectivity index (χ2v) is 4.03. The van der Waals surface area contributed by atoms with Crippen LogP contribution in [0.3, 0.4) is 0 Å². The Hall–Kier alpha value is -1.99. The van der Waals surface area contributed by atoms with E-state index in [9.17, 15) is 9.59 Å². The number of carbonyl (C=O) groups excluding carboxylic acids is 2. The van der Waals surface area contributed by atoms with Crippen LogP contribution in [-0.4, -0.2) is 34.6 Å². The van der Waals surface area contributed by atoms with Crippen molar-refractivity contribution in [3.63, 3.8) is 0 Å². The average molecular weight is 266 g/mol. The van der Waals surface area contributed by atoms with Crippen LogP contribution < -0.4 is 16.5 Å². The first kappa shape index (κ1) is 15.1. The molecule has 1 unspecified atom stereocenters. The SMILES string of the molecule is NCCCCC(NC(=O)c1cccnc1)C(=O)NO. The summed E-state index contributed by atoms with van der Waals surface area (Å²) in [5.74, 6) is -1.05. The summed E-state index contributed by atoms with van der Waals surface area (Å²) in [6, 6.07) is 2.44. The zero-order valence-corrected chi connectivity index (χ0v) is 10.5. The Morgan fingerprint density at radius 3 is 2.79 bits per heavy atom. The van der Waals surface area contributed by atoms with Gasteiger partial charge in [0, 0.05) is 12.4 Å². The predicted molar refractivity (Wildman–Crippen MR) is 68.3 cm³/mol. The Morgan fingerprint density at radius 2 is 2.21 bits per heavy atom. The minimum Gasteiger partial charge on any atom is -0.340 e. The van der Waals surface area contributed by atoms with E-state index in [4.69, 9.17) is 10.9 Å². The number of nitrogens with two attached hydrogens (primary N) is 1.